The van der Waals surface area contributed by atoms with Gasteiger partial charge in [0, 0.05) is 0 Å². The van der Waals surface area contributed by atoms with E-state index in [9.17, 15) is 13.2 Å². The first-order valence-electron chi connectivity index (χ1n) is 5.26. The summed E-state index contributed by atoms with van der Waals surface area (Å²) in [5.74, 6) is -1.01. The molecule has 0 radical (unpaired) electrons. The molecule has 7 heteroatoms. The van der Waals surface area contributed by atoms with Gasteiger partial charge in [0.15, 0.2) is 0 Å². The molecule has 1 aromatic carbocycles. The summed E-state index contributed by atoms with van der Waals surface area (Å²) in [5.41, 5.74) is 6.12. The molecule has 1 aromatic rings. The molecule has 0 amide bonds. The predicted octanol–water partition coefficient (Wildman–Crippen LogP) is 1.18. The first-order chi connectivity index (χ1) is 8.36. The number of benzene rings is 1. The van der Waals surface area contributed by atoms with Gasteiger partial charge in [0.2, 0.25) is 0 Å². The molecule has 0 aliphatic heterocycles. The molecule has 0 bridgehead atoms. The fourth-order valence-electron chi connectivity index (χ4n) is 1.18. The lowest BCUT2D eigenvalue weighted by Crippen LogP contribution is -2.24. The van der Waals surface area contributed by atoms with Crippen LogP contribution in [0.5, 0.6) is 0 Å². The van der Waals surface area contributed by atoms with E-state index >= 15 is 0 Å². The van der Waals surface area contributed by atoms with E-state index in [-0.39, 0.29) is 17.9 Å². The van der Waals surface area contributed by atoms with Gasteiger partial charge in [-0.25, -0.2) is 4.79 Å². The standard InChI is InChI=1S/C11H14ClNO4S/c1-8-2-4-9(5-3-8)18(15,16)17-11(14)10(12)6-7-13/h2-5,10H,6-7,13H2,1H3. The maximum absolute atomic E-state index is 11.7. The molecule has 2 N–H and O–H groups in total. The van der Waals surface area contributed by atoms with E-state index in [4.69, 9.17) is 17.3 Å². The summed E-state index contributed by atoms with van der Waals surface area (Å²) in [6.45, 7) is 1.99. The molecule has 18 heavy (non-hydrogen) atoms. The second-order valence-corrected chi connectivity index (χ2v) is 5.79. The van der Waals surface area contributed by atoms with Crippen LogP contribution in [0.15, 0.2) is 29.2 Å². The van der Waals surface area contributed by atoms with Gasteiger partial charge in [-0.1, -0.05) is 17.7 Å². The van der Waals surface area contributed by atoms with Crippen molar-refractivity contribution in [2.24, 2.45) is 5.73 Å². The van der Waals surface area contributed by atoms with Gasteiger partial charge >= 0.3 is 16.1 Å². The van der Waals surface area contributed by atoms with Crippen molar-refractivity contribution in [1.82, 2.24) is 0 Å². The molecule has 0 aliphatic rings. The normalized spacial score (nSPS) is 13.1. The molecule has 0 spiro atoms. The lowest BCUT2D eigenvalue weighted by atomic mass is 10.2. The highest BCUT2D eigenvalue weighted by molar-refractivity contribution is 7.87. The number of alkyl halides is 1. The minimum Gasteiger partial charge on any atom is -0.341 e. The zero-order chi connectivity index (χ0) is 13.8. The van der Waals surface area contributed by atoms with Gasteiger partial charge in [0.1, 0.15) is 10.3 Å². The van der Waals surface area contributed by atoms with Crippen LogP contribution in [0.25, 0.3) is 0 Å². The molecular weight excluding hydrogens is 278 g/mol. The van der Waals surface area contributed by atoms with Crippen molar-refractivity contribution in [1.29, 1.82) is 0 Å². The molecular formula is C11H14ClNO4S. The molecule has 1 rings (SSSR count). The molecule has 0 aliphatic carbocycles. The Bertz CT molecular complexity index is 512. The largest absolute Gasteiger partial charge is 0.341 e. The number of aryl methyl sites for hydroxylation is 1. The summed E-state index contributed by atoms with van der Waals surface area (Å²) in [7, 11) is -4.11. The molecule has 100 valence electrons. The fraction of sp³-hybridized carbons (Fsp3) is 0.364. The van der Waals surface area contributed by atoms with E-state index in [2.05, 4.69) is 4.18 Å². The van der Waals surface area contributed by atoms with Gasteiger partial charge in [-0.05, 0) is 32.0 Å². The SMILES string of the molecule is Cc1ccc(S(=O)(=O)OC(=O)C(Cl)CCN)cc1. The zero-order valence-electron chi connectivity index (χ0n) is 9.80. The van der Waals surface area contributed by atoms with E-state index in [0.717, 1.165) is 5.56 Å². The lowest BCUT2D eigenvalue weighted by molar-refractivity contribution is -0.133. The van der Waals surface area contributed by atoms with Gasteiger partial charge in [-0.3, -0.25) is 0 Å². The van der Waals surface area contributed by atoms with Crippen LogP contribution in [0.1, 0.15) is 12.0 Å². The van der Waals surface area contributed by atoms with Crippen LogP contribution in [-0.4, -0.2) is 26.3 Å². The van der Waals surface area contributed by atoms with E-state index in [0.29, 0.717) is 0 Å². The topological polar surface area (TPSA) is 86.5 Å². The van der Waals surface area contributed by atoms with Crippen LogP contribution in [0.2, 0.25) is 0 Å². The number of hydrogen-bond acceptors (Lipinski definition) is 5. The highest BCUT2D eigenvalue weighted by Gasteiger charge is 2.25. The zero-order valence-corrected chi connectivity index (χ0v) is 11.4. The molecule has 0 saturated carbocycles. The first-order valence-corrected chi connectivity index (χ1v) is 7.10. The Morgan fingerprint density at radius 1 is 1.39 bits per heavy atom. The fourth-order valence-corrected chi connectivity index (χ4v) is 2.30. The third-order valence-electron chi connectivity index (χ3n) is 2.18. The molecule has 0 aromatic heterocycles. The molecule has 1 unspecified atom stereocenters. The second kappa shape index (κ2) is 6.17. The van der Waals surface area contributed by atoms with Crippen LogP contribution in [-0.2, 0) is 19.1 Å². The summed E-state index contributed by atoms with van der Waals surface area (Å²) < 4.78 is 27.9. The Morgan fingerprint density at radius 2 is 1.94 bits per heavy atom. The molecule has 0 heterocycles. The van der Waals surface area contributed by atoms with Crippen LogP contribution < -0.4 is 5.73 Å². The average molecular weight is 292 g/mol. The van der Waals surface area contributed by atoms with Crippen LogP contribution >= 0.6 is 11.6 Å². The van der Waals surface area contributed by atoms with E-state index < -0.39 is 21.5 Å². The summed E-state index contributed by atoms with van der Waals surface area (Å²) in [6.07, 6.45) is 0.157. The highest BCUT2D eigenvalue weighted by atomic mass is 35.5. The number of halogens is 1. The summed E-state index contributed by atoms with van der Waals surface area (Å²) in [4.78, 5) is 11.3. The first kappa shape index (κ1) is 14.9. The third-order valence-corrected chi connectivity index (χ3v) is 3.81. The van der Waals surface area contributed by atoms with Crippen molar-refractivity contribution < 1.29 is 17.4 Å². The van der Waals surface area contributed by atoms with Crippen LogP contribution in [0, 0.1) is 6.92 Å². The Balaban J connectivity index is 2.82. The van der Waals surface area contributed by atoms with Gasteiger partial charge in [-0.2, -0.15) is 8.42 Å². The number of carbonyl (C=O) groups is 1. The van der Waals surface area contributed by atoms with Crippen molar-refractivity contribution in [2.45, 2.75) is 23.6 Å². The monoisotopic (exact) mass is 291 g/mol. The predicted molar refractivity (Wildman–Crippen MR) is 67.8 cm³/mol. The minimum atomic E-state index is -4.11. The average Bonchev–Trinajstić information content (AvgIpc) is 2.29. The van der Waals surface area contributed by atoms with Crippen LogP contribution in [0.3, 0.4) is 0 Å². The Hall–Kier alpha value is -1.11. The Morgan fingerprint density at radius 3 is 2.44 bits per heavy atom. The summed E-state index contributed by atoms with van der Waals surface area (Å²) >= 11 is 5.63. The highest BCUT2D eigenvalue weighted by Crippen LogP contribution is 2.15. The van der Waals surface area contributed by atoms with Crippen molar-refractivity contribution in [3.63, 3.8) is 0 Å². The van der Waals surface area contributed by atoms with Gasteiger partial charge < -0.3 is 9.92 Å². The molecule has 5 nitrogen and oxygen atoms in total. The molecule has 1 atom stereocenters. The van der Waals surface area contributed by atoms with Gasteiger partial charge in [0.05, 0.1) is 0 Å². The van der Waals surface area contributed by atoms with Crippen molar-refractivity contribution >= 4 is 27.7 Å². The number of nitrogens with two attached hydrogens (primary N) is 1. The lowest BCUT2D eigenvalue weighted by Gasteiger charge is -2.09. The maximum Gasteiger partial charge on any atom is 0.341 e. The number of carbonyl (C=O) groups excluding carboxylic acids is 1. The third kappa shape index (κ3) is 3.97. The Kier molecular flexibility index (Phi) is 5.13. The van der Waals surface area contributed by atoms with E-state index in [1.807, 2.05) is 6.92 Å². The quantitative estimate of drug-likeness (QED) is 0.650. The maximum atomic E-state index is 11.7. The second-order valence-electron chi connectivity index (χ2n) is 3.71. The summed E-state index contributed by atoms with van der Waals surface area (Å²) in [6, 6.07) is 5.95. The van der Waals surface area contributed by atoms with E-state index in [1.165, 1.54) is 12.1 Å². The Labute approximate surface area is 111 Å². The van der Waals surface area contributed by atoms with Crippen molar-refractivity contribution in [3.8, 4) is 0 Å². The minimum absolute atomic E-state index is 0.0851. The number of rotatable bonds is 5. The van der Waals surface area contributed by atoms with Crippen LogP contribution in [0.4, 0.5) is 0 Å². The molecule has 0 fully saturated rings. The number of hydrogen-bond donors (Lipinski definition) is 1. The summed E-state index contributed by atoms with van der Waals surface area (Å²) in [5, 5.41) is -1.06. The van der Waals surface area contributed by atoms with Crippen molar-refractivity contribution in [2.75, 3.05) is 6.54 Å². The van der Waals surface area contributed by atoms with E-state index in [1.54, 1.807) is 12.1 Å². The smallest absolute Gasteiger partial charge is 0.341 e. The van der Waals surface area contributed by atoms with Gasteiger partial charge in [-0.15, -0.1) is 11.6 Å². The van der Waals surface area contributed by atoms with Gasteiger partial charge in [0.25, 0.3) is 0 Å². The molecule has 0 saturated heterocycles. The van der Waals surface area contributed by atoms with Crippen molar-refractivity contribution in [3.05, 3.63) is 29.8 Å².